The normalized spacial score (nSPS) is 23.1. The molecule has 1 aromatic carbocycles. The van der Waals surface area contributed by atoms with E-state index >= 15 is 0 Å². The number of ether oxygens (including phenoxy) is 2. The second-order valence-corrected chi connectivity index (χ2v) is 8.03. The molecule has 152 valence electrons. The first-order valence-corrected chi connectivity index (χ1v) is 10.3. The van der Waals surface area contributed by atoms with Gasteiger partial charge in [-0.15, -0.1) is 0 Å². The van der Waals surface area contributed by atoms with Crippen LogP contribution in [0.4, 0.5) is 0 Å². The molecule has 0 unspecified atom stereocenters. The zero-order chi connectivity index (χ0) is 19.8. The summed E-state index contributed by atoms with van der Waals surface area (Å²) < 4.78 is 13.4. The molecule has 0 bridgehead atoms. The van der Waals surface area contributed by atoms with E-state index in [0.717, 1.165) is 67.0 Å². The van der Waals surface area contributed by atoms with Crippen LogP contribution in [0, 0.1) is 6.92 Å². The Morgan fingerprint density at radius 3 is 2.86 bits per heavy atom. The average molecular weight is 386 g/mol. The maximum atomic E-state index is 13.5. The van der Waals surface area contributed by atoms with Gasteiger partial charge in [-0.2, -0.15) is 0 Å². The van der Waals surface area contributed by atoms with Gasteiger partial charge in [0.2, 0.25) is 0 Å². The smallest absolute Gasteiger partial charge is 0.256 e. The monoisotopic (exact) mass is 385 g/mol. The van der Waals surface area contributed by atoms with Gasteiger partial charge in [0.25, 0.3) is 5.91 Å². The second kappa shape index (κ2) is 7.76. The van der Waals surface area contributed by atoms with E-state index in [1.807, 2.05) is 37.1 Å². The van der Waals surface area contributed by atoms with Crippen molar-refractivity contribution in [2.45, 2.75) is 38.8 Å². The van der Waals surface area contributed by atoms with Gasteiger partial charge in [-0.1, -0.05) is 13.3 Å². The van der Waals surface area contributed by atoms with Gasteiger partial charge in [0.15, 0.2) is 0 Å². The Morgan fingerprint density at radius 2 is 2.11 bits per heavy atom. The van der Waals surface area contributed by atoms with Gasteiger partial charge in [-0.05, 0) is 31.5 Å². The van der Waals surface area contributed by atoms with Gasteiger partial charge in [-0.25, -0.2) is 0 Å². The van der Waals surface area contributed by atoms with Crippen molar-refractivity contribution in [2.75, 3.05) is 40.0 Å². The van der Waals surface area contributed by atoms with Crippen molar-refractivity contribution in [3.05, 3.63) is 29.5 Å². The second-order valence-electron chi connectivity index (χ2n) is 8.03. The molecule has 3 heterocycles. The van der Waals surface area contributed by atoms with Crippen LogP contribution in [-0.4, -0.2) is 72.3 Å². The van der Waals surface area contributed by atoms with Crippen LogP contribution in [0.5, 0.6) is 5.75 Å². The highest BCUT2D eigenvalue weighted by atomic mass is 16.5. The van der Waals surface area contributed by atoms with E-state index in [9.17, 15) is 4.79 Å². The molecular weight excluding hydrogens is 354 g/mol. The molecule has 0 spiro atoms. The summed E-state index contributed by atoms with van der Waals surface area (Å²) in [5.41, 5.74) is 2.86. The van der Waals surface area contributed by atoms with Gasteiger partial charge in [0, 0.05) is 49.3 Å². The minimum Gasteiger partial charge on any atom is -0.497 e. The number of hydrogen-bond donors (Lipinski definition) is 0. The Bertz CT molecular complexity index is 874. The molecule has 6 nitrogen and oxygen atoms in total. The Hall–Kier alpha value is -2.05. The standard InChI is InChI=1S/C22H31N3O3/c1-5-6-16-13-28-14-17-12-24(9-10-25(16)17)22(26)21-15(2)23(3)20-8-7-18(27-4)11-19(20)21/h7-8,11,16-17H,5-6,9-10,12-14H2,1-4H3/t16-,17+/m0/s1. The number of aryl methyl sites for hydroxylation is 1. The molecule has 4 rings (SSSR count). The summed E-state index contributed by atoms with van der Waals surface area (Å²) in [6.07, 6.45) is 2.32. The quantitative estimate of drug-likeness (QED) is 0.812. The Morgan fingerprint density at radius 1 is 1.29 bits per heavy atom. The van der Waals surface area contributed by atoms with E-state index in [1.54, 1.807) is 7.11 Å². The van der Waals surface area contributed by atoms with Crippen LogP contribution in [0.1, 0.15) is 35.8 Å². The van der Waals surface area contributed by atoms with Gasteiger partial charge >= 0.3 is 0 Å². The number of carbonyl (C=O) groups excluding carboxylic acids is 1. The van der Waals surface area contributed by atoms with Crippen LogP contribution >= 0.6 is 0 Å². The molecule has 1 amide bonds. The molecule has 0 radical (unpaired) electrons. The summed E-state index contributed by atoms with van der Waals surface area (Å²) in [6, 6.07) is 6.74. The lowest BCUT2D eigenvalue weighted by molar-refractivity contribution is -0.0776. The Balaban J connectivity index is 1.61. The first-order chi connectivity index (χ1) is 13.5. The fraction of sp³-hybridized carbons (Fsp3) is 0.591. The third kappa shape index (κ3) is 3.18. The lowest BCUT2D eigenvalue weighted by atomic mass is 10.0. The molecular formula is C22H31N3O3. The van der Waals surface area contributed by atoms with Crippen molar-refractivity contribution >= 4 is 16.8 Å². The summed E-state index contributed by atoms with van der Waals surface area (Å²) in [7, 11) is 3.68. The van der Waals surface area contributed by atoms with Crippen molar-refractivity contribution in [2.24, 2.45) is 7.05 Å². The number of hydrogen-bond acceptors (Lipinski definition) is 4. The molecule has 0 aliphatic carbocycles. The maximum absolute atomic E-state index is 13.5. The van der Waals surface area contributed by atoms with Crippen LogP contribution in [0.15, 0.2) is 18.2 Å². The van der Waals surface area contributed by atoms with Crippen LogP contribution in [0.3, 0.4) is 0 Å². The number of aromatic nitrogens is 1. The van der Waals surface area contributed by atoms with Crippen molar-refractivity contribution in [1.82, 2.24) is 14.4 Å². The number of amides is 1. The van der Waals surface area contributed by atoms with Crippen LogP contribution in [0.2, 0.25) is 0 Å². The first kappa shape index (κ1) is 19.3. The number of methoxy groups -OCH3 is 1. The fourth-order valence-electron chi connectivity index (χ4n) is 4.81. The van der Waals surface area contributed by atoms with Gasteiger partial charge in [0.05, 0.1) is 31.9 Å². The highest BCUT2D eigenvalue weighted by molar-refractivity contribution is 6.08. The summed E-state index contributed by atoms with van der Waals surface area (Å²) in [5, 5.41) is 0.968. The van der Waals surface area contributed by atoms with Crippen molar-refractivity contribution in [3.63, 3.8) is 0 Å². The van der Waals surface area contributed by atoms with Crippen molar-refractivity contribution in [3.8, 4) is 5.75 Å². The third-order valence-electron chi connectivity index (χ3n) is 6.44. The average Bonchev–Trinajstić information content (AvgIpc) is 2.97. The number of carbonyl (C=O) groups is 1. The van der Waals surface area contributed by atoms with E-state index in [1.165, 1.54) is 0 Å². The lowest BCUT2D eigenvalue weighted by Crippen LogP contribution is -2.62. The summed E-state index contributed by atoms with van der Waals surface area (Å²) >= 11 is 0. The number of nitrogens with zero attached hydrogens (tertiary/aromatic N) is 3. The number of benzene rings is 1. The van der Waals surface area contributed by atoms with E-state index in [4.69, 9.17) is 9.47 Å². The molecule has 2 fully saturated rings. The zero-order valence-corrected chi connectivity index (χ0v) is 17.4. The van der Waals surface area contributed by atoms with Crippen LogP contribution in [0.25, 0.3) is 10.9 Å². The maximum Gasteiger partial charge on any atom is 0.256 e. The zero-order valence-electron chi connectivity index (χ0n) is 17.4. The molecule has 2 aliphatic rings. The van der Waals surface area contributed by atoms with Gasteiger partial charge < -0.3 is 18.9 Å². The minimum atomic E-state index is 0.119. The van der Waals surface area contributed by atoms with Crippen LogP contribution < -0.4 is 4.74 Å². The lowest BCUT2D eigenvalue weighted by Gasteiger charge is -2.48. The number of fused-ring (bicyclic) bond motifs is 2. The molecule has 1 aromatic heterocycles. The summed E-state index contributed by atoms with van der Waals surface area (Å²) in [5.74, 6) is 0.897. The number of piperazine rings is 1. The summed E-state index contributed by atoms with van der Waals surface area (Å²) in [6.45, 7) is 8.22. The highest BCUT2D eigenvalue weighted by Gasteiger charge is 2.37. The topological polar surface area (TPSA) is 46.9 Å². The molecule has 6 heteroatoms. The Labute approximate surface area is 167 Å². The van der Waals surface area contributed by atoms with Gasteiger partial charge in [0.1, 0.15) is 5.75 Å². The number of rotatable bonds is 4. The van der Waals surface area contributed by atoms with E-state index in [-0.39, 0.29) is 5.91 Å². The molecule has 0 saturated carbocycles. The first-order valence-electron chi connectivity index (χ1n) is 10.3. The number of morpholine rings is 1. The molecule has 0 N–H and O–H groups in total. The van der Waals surface area contributed by atoms with E-state index < -0.39 is 0 Å². The van der Waals surface area contributed by atoms with E-state index in [2.05, 4.69) is 16.4 Å². The van der Waals surface area contributed by atoms with Gasteiger partial charge in [-0.3, -0.25) is 9.69 Å². The third-order valence-corrected chi connectivity index (χ3v) is 6.44. The Kier molecular flexibility index (Phi) is 5.34. The molecule has 2 aliphatic heterocycles. The fourth-order valence-corrected chi connectivity index (χ4v) is 4.81. The highest BCUT2D eigenvalue weighted by Crippen LogP contribution is 2.31. The van der Waals surface area contributed by atoms with E-state index in [0.29, 0.717) is 18.7 Å². The largest absolute Gasteiger partial charge is 0.497 e. The molecule has 2 aromatic rings. The van der Waals surface area contributed by atoms with Crippen LogP contribution in [-0.2, 0) is 11.8 Å². The molecule has 2 saturated heterocycles. The SMILES string of the molecule is CCC[C@H]1COC[C@H]2CN(C(=O)c3c(C)n(C)c4ccc(OC)cc34)CCN12. The predicted octanol–water partition coefficient (Wildman–Crippen LogP) is 2.82. The van der Waals surface area contributed by atoms with Crippen molar-refractivity contribution < 1.29 is 14.3 Å². The predicted molar refractivity (Wildman–Crippen MR) is 110 cm³/mol. The summed E-state index contributed by atoms with van der Waals surface area (Å²) in [4.78, 5) is 18.1. The molecule has 2 atom stereocenters. The van der Waals surface area contributed by atoms with Crippen molar-refractivity contribution in [1.29, 1.82) is 0 Å². The molecule has 28 heavy (non-hydrogen) atoms. The minimum absolute atomic E-state index is 0.119.